The Morgan fingerprint density at radius 1 is 0.750 bits per heavy atom. The smallest absolute Gasteiger partial charge is 0.276 e. The van der Waals surface area contributed by atoms with Gasteiger partial charge in [-0.05, 0) is 54.6 Å². The summed E-state index contributed by atoms with van der Waals surface area (Å²) in [4.78, 5) is 24.1. The first kappa shape index (κ1) is 23.2. The number of carbonyl (C=O) groups is 2. The van der Waals surface area contributed by atoms with Crippen LogP contribution in [0.2, 0.25) is 10.0 Å². The number of hydrogen-bond donors (Lipinski definition) is 2. The highest BCUT2D eigenvalue weighted by atomic mass is 35.5. The van der Waals surface area contributed by atoms with E-state index >= 15 is 0 Å². The van der Waals surface area contributed by atoms with Gasteiger partial charge in [0.05, 0.1) is 5.02 Å². The molecule has 0 aromatic heterocycles. The number of hydrazine groups is 1. The van der Waals surface area contributed by atoms with Crippen LogP contribution in [0.1, 0.15) is 10.4 Å². The number of rotatable bonds is 9. The molecule has 0 aliphatic carbocycles. The van der Waals surface area contributed by atoms with Gasteiger partial charge >= 0.3 is 0 Å². The van der Waals surface area contributed by atoms with Crippen molar-refractivity contribution in [3.8, 4) is 17.2 Å². The monoisotopic (exact) mass is 474 g/mol. The average Bonchev–Trinajstić information content (AvgIpc) is 2.81. The van der Waals surface area contributed by atoms with Gasteiger partial charge in [0.25, 0.3) is 11.8 Å². The Bertz CT molecular complexity index is 1050. The van der Waals surface area contributed by atoms with Crippen LogP contribution in [0.15, 0.2) is 72.8 Å². The minimum Gasteiger partial charge on any atom is -0.490 e. The fraction of sp³-hybridized carbons (Fsp3) is 0.130. The molecule has 0 radical (unpaired) electrons. The lowest BCUT2D eigenvalue weighted by Crippen LogP contribution is -2.43. The lowest BCUT2D eigenvalue weighted by Gasteiger charge is -2.11. The van der Waals surface area contributed by atoms with Crippen molar-refractivity contribution in [2.24, 2.45) is 0 Å². The lowest BCUT2D eigenvalue weighted by atomic mass is 10.2. The number of para-hydroxylation sites is 1. The number of benzene rings is 3. The van der Waals surface area contributed by atoms with Gasteiger partial charge in [0.1, 0.15) is 30.5 Å². The minimum absolute atomic E-state index is 0.281. The van der Waals surface area contributed by atoms with Crippen LogP contribution in [-0.2, 0) is 4.79 Å². The van der Waals surface area contributed by atoms with Crippen molar-refractivity contribution in [2.45, 2.75) is 0 Å². The zero-order valence-electron chi connectivity index (χ0n) is 16.8. The number of carbonyl (C=O) groups excluding carboxylic acids is 2. The third-order valence-corrected chi connectivity index (χ3v) is 4.58. The minimum atomic E-state index is -0.553. The van der Waals surface area contributed by atoms with E-state index in [2.05, 4.69) is 10.9 Å². The third-order valence-electron chi connectivity index (χ3n) is 4.05. The van der Waals surface area contributed by atoms with E-state index < -0.39 is 11.8 Å². The molecule has 0 spiro atoms. The van der Waals surface area contributed by atoms with Crippen molar-refractivity contribution in [3.63, 3.8) is 0 Å². The molecule has 7 nitrogen and oxygen atoms in total. The molecule has 3 rings (SSSR count). The molecule has 0 unspecified atom stereocenters. The lowest BCUT2D eigenvalue weighted by molar-refractivity contribution is -0.123. The van der Waals surface area contributed by atoms with Crippen LogP contribution in [0.5, 0.6) is 17.2 Å². The molecule has 0 aliphatic rings. The van der Waals surface area contributed by atoms with E-state index in [0.717, 1.165) is 5.75 Å². The molecule has 166 valence electrons. The van der Waals surface area contributed by atoms with Gasteiger partial charge in [-0.3, -0.25) is 20.4 Å². The SMILES string of the molecule is O=C(COc1ccc(Cl)cc1Cl)NNC(=O)c1ccc(OCCOc2ccccc2)cc1. The van der Waals surface area contributed by atoms with Gasteiger partial charge in [-0.2, -0.15) is 0 Å². The first-order chi connectivity index (χ1) is 15.5. The zero-order valence-corrected chi connectivity index (χ0v) is 18.4. The van der Waals surface area contributed by atoms with E-state index in [-0.39, 0.29) is 11.6 Å². The molecule has 0 atom stereocenters. The van der Waals surface area contributed by atoms with Gasteiger partial charge in [-0.15, -0.1) is 0 Å². The van der Waals surface area contributed by atoms with Crippen molar-refractivity contribution in [2.75, 3.05) is 19.8 Å². The van der Waals surface area contributed by atoms with Crippen LogP contribution in [0.25, 0.3) is 0 Å². The second-order valence-corrected chi connectivity index (χ2v) is 7.24. The standard InChI is InChI=1S/C23H20Cl2N2O5/c24-17-8-11-21(20(25)14-17)32-15-22(28)26-27-23(29)16-6-9-19(10-7-16)31-13-12-30-18-4-2-1-3-5-18/h1-11,14H,12-13,15H2,(H,26,28)(H,27,29). The summed E-state index contributed by atoms with van der Waals surface area (Å²) in [6.07, 6.45) is 0. The molecule has 9 heteroatoms. The maximum absolute atomic E-state index is 12.2. The molecule has 2 amide bonds. The summed E-state index contributed by atoms with van der Waals surface area (Å²) < 4.78 is 16.4. The van der Waals surface area contributed by atoms with Crippen molar-refractivity contribution in [1.29, 1.82) is 0 Å². The Hall–Kier alpha value is -3.42. The maximum Gasteiger partial charge on any atom is 0.276 e. The van der Waals surface area contributed by atoms with E-state index in [9.17, 15) is 9.59 Å². The summed E-state index contributed by atoms with van der Waals surface area (Å²) in [5.41, 5.74) is 4.94. The number of hydrogen-bond acceptors (Lipinski definition) is 5. The molecule has 2 N–H and O–H groups in total. The Morgan fingerprint density at radius 3 is 2.06 bits per heavy atom. The number of nitrogens with one attached hydrogen (secondary N) is 2. The van der Waals surface area contributed by atoms with Gasteiger partial charge in [-0.1, -0.05) is 41.4 Å². The van der Waals surface area contributed by atoms with Gasteiger partial charge in [0, 0.05) is 10.6 Å². The normalized spacial score (nSPS) is 10.2. The maximum atomic E-state index is 12.2. The highest BCUT2D eigenvalue weighted by Crippen LogP contribution is 2.27. The van der Waals surface area contributed by atoms with Crippen LogP contribution in [0.4, 0.5) is 0 Å². The van der Waals surface area contributed by atoms with E-state index in [1.807, 2.05) is 30.3 Å². The summed E-state index contributed by atoms with van der Waals surface area (Å²) in [6.45, 7) is 0.412. The first-order valence-corrected chi connectivity index (χ1v) is 10.3. The second kappa shape index (κ2) is 11.8. The van der Waals surface area contributed by atoms with Crippen LogP contribution in [0.3, 0.4) is 0 Å². The molecule has 0 saturated heterocycles. The van der Waals surface area contributed by atoms with Crippen molar-refractivity contribution < 1.29 is 23.8 Å². The van der Waals surface area contributed by atoms with Crippen molar-refractivity contribution in [3.05, 3.63) is 88.4 Å². The second-order valence-electron chi connectivity index (χ2n) is 6.40. The van der Waals surface area contributed by atoms with Crippen LogP contribution in [0, 0.1) is 0 Å². The van der Waals surface area contributed by atoms with Crippen molar-refractivity contribution >= 4 is 35.0 Å². The van der Waals surface area contributed by atoms with Gasteiger partial charge in [0.2, 0.25) is 0 Å². The Morgan fingerprint density at radius 2 is 1.41 bits per heavy atom. The predicted molar refractivity (Wildman–Crippen MR) is 121 cm³/mol. The molecular weight excluding hydrogens is 455 g/mol. The Labute approximate surface area is 195 Å². The van der Waals surface area contributed by atoms with Gasteiger partial charge in [0.15, 0.2) is 6.61 Å². The first-order valence-electron chi connectivity index (χ1n) is 9.59. The summed E-state index contributed by atoms with van der Waals surface area (Å²) in [6, 6.07) is 20.6. The van der Waals surface area contributed by atoms with Crippen LogP contribution in [-0.4, -0.2) is 31.6 Å². The number of ether oxygens (including phenoxy) is 3. The molecule has 0 bridgehead atoms. The largest absolute Gasteiger partial charge is 0.490 e. The predicted octanol–water partition coefficient (Wildman–Crippen LogP) is 4.29. The van der Waals surface area contributed by atoms with E-state index in [0.29, 0.717) is 35.3 Å². The molecule has 0 aliphatic heterocycles. The molecule has 32 heavy (non-hydrogen) atoms. The molecular formula is C23H20Cl2N2O5. The fourth-order valence-corrected chi connectivity index (χ4v) is 2.97. The van der Waals surface area contributed by atoms with E-state index in [1.165, 1.54) is 6.07 Å². The Balaban J connectivity index is 1.37. The number of halogens is 2. The quantitative estimate of drug-likeness (QED) is 0.356. The molecule has 3 aromatic rings. The molecule has 0 fully saturated rings. The fourth-order valence-electron chi connectivity index (χ4n) is 2.51. The zero-order chi connectivity index (χ0) is 22.8. The van der Waals surface area contributed by atoms with E-state index in [1.54, 1.807) is 36.4 Å². The van der Waals surface area contributed by atoms with Crippen LogP contribution < -0.4 is 25.1 Å². The number of amides is 2. The van der Waals surface area contributed by atoms with Gasteiger partial charge < -0.3 is 14.2 Å². The summed E-state index contributed by atoms with van der Waals surface area (Å²) >= 11 is 11.8. The summed E-state index contributed by atoms with van der Waals surface area (Å²) in [5.74, 6) is 0.634. The highest BCUT2D eigenvalue weighted by molar-refractivity contribution is 6.35. The van der Waals surface area contributed by atoms with Crippen molar-refractivity contribution in [1.82, 2.24) is 10.9 Å². The highest BCUT2D eigenvalue weighted by Gasteiger charge is 2.10. The molecule has 3 aromatic carbocycles. The van der Waals surface area contributed by atoms with E-state index in [4.69, 9.17) is 37.4 Å². The summed E-state index contributed by atoms with van der Waals surface area (Å²) in [5, 5.41) is 0.735. The topological polar surface area (TPSA) is 85.9 Å². The average molecular weight is 475 g/mol. The Kier molecular flexibility index (Phi) is 8.60. The van der Waals surface area contributed by atoms with Gasteiger partial charge in [-0.25, -0.2) is 0 Å². The summed E-state index contributed by atoms with van der Waals surface area (Å²) in [7, 11) is 0. The van der Waals surface area contributed by atoms with Crippen LogP contribution >= 0.6 is 23.2 Å². The third kappa shape index (κ3) is 7.37. The molecule has 0 heterocycles. The molecule has 0 saturated carbocycles.